The summed E-state index contributed by atoms with van der Waals surface area (Å²) in [6.07, 6.45) is -0.281. The van der Waals surface area contributed by atoms with Crippen LogP contribution in [0.3, 0.4) is 0 Å². The van der Waals surface area contributed by atoms with E-state index in [1.807, 2.05) is 38.1 Å². The van der Waals surface area contributed by atoms with E-state index in [2.05, 4.69) is 0 Å². The second-order valence-corrected chi connectivity index (χ2v) is 8.39. The maximum Gasteiger partial charge on any atom is 0.243 e. The molecule has 0 spiro atoms. The molecule has 2 aromatic rings. The van der Waals surface area contributed by atoms with Gasteiger partial charge >= 0.3 is 0 Å². The van der Waals surface area contributed by atoms with Crippen LogP contribution >= 0.6 is 11.6 Å². The molecule has 0 aromatic heterocycles. The van der Waals surface area contributed by atoms with Crippen LogP contribution in [0.15, 0.2) is 47.4 Å². The highest BCUT2D eigenvalue weighted by molar-refractivity contribution is 7.89. The molecule has 1 unspecified atom stereocenters. The maximum atomic E-state index is 13.0. The first kappa shape index (κ1) is 17.4. The van der Waals surface area contributed by atoms with Gasteiger partial charge in [-0.1, -0.05) is 41.4 Å². The van der Waals surface area contributed by atoms with Gasteiger partial charge in [-0.15, -0.1) is 0 Å². The van der Waals surface area contributed by atoms with E-state index in [1.54, 1.807) is 18.2 Å². The summed E-state index contributed by atoms with van der Waals surface area (Å²) in [7, 11) is -3.53. The Hall–Kier alpha value is -1.40. The summed E-state index contributed by atoms with van der Waals surface area (Å²) in [5.74, 6) is 0. The number of benzene rings is 2. The highest BCUT2D eigenvalue weighted by atomic mass is 35.5. The molecule has 0 bridgehead atoms. The van der Waals surface area contributed by atoms with Crippen molar-refractivity contribution < 1.29 is 13.2 Å². The third kappa shape index (κ3) is 3.49. The Bertz CT molecular complexity index is 834. The van der Waals surface area contributed by atoms with E-state index in [9.17, 15) is 8.42 Å². The lowest BCUT2D eigenvalue weighted by molar-refractivity contribution is -0.00256. The number of ether oxygens (including phenoxy) is 1. The van der Waals surface area contributed by atoms with Crippen molar-refractivity contribution in [3.05, 3.63) is 64.2 Å². The molecule has 4 nitrogen and oxygen atoms in total. The molecule has 2 aromatic carbocycles. The minimum atomic E-state index is -3.53. The quantitative estimate of drug-likeness (QED) is 0.832. The van der Waals surface area contributed by atoms with Gasteiger partial charge in [0.25, 0.3) is 0 Å². The molecule has 0 saturated carbocycles. The van der Waals surface area contributed by atoms with Crippen LogP contribution in [0.25, 0.3) is 0 Å². The number of rotatable bonds is 3. The molecular formula is C18H20ClNO3S. The second-order valence-electron chi connectivity index (χ2n) is 6.04. The minimum Gasteiger partial charge on any atom is -0.371 e. The van der Waals surface area contributed by atoms with Gasteiger partial charge in [-0.3, -0.25) is 0 Å². The van der Waals surface area contributed by atoms with Crippen LogP contribution in [-0.4, -0.2) is 32.4 Å². The van der Waals surface area contributed by atoms with Gasteiger partial charge in [-0.25, -0.2) is 8.42 Å². The van der Waals surface area contributed by atoms with Gasteiger partial charge in [0, 0.05) is 18.1 Å². The van der Waals surface area contributed by atoms with Crippen molar-refractivity contribution in [2.75, 3.05) is 19.7 Å². The normalized spacial score (nSPS) is 19.4. The fraction of sp³-hybridized carbons (Fsp3) is 0.333. The average Bonchev–Trinajstić information content (AvgIpc) is 2.55. The first-order chi connectivity index (χ1) is 11.4. The van der Waals surface area contributed by atoms with Crippen molar-refractivity contribution in [1.82, 2.24) is 4.31 Å². The Morgan fingerprint density at radius 1 is 1.12 bits per heavy atom. The second kappa shape index (κ2) is 6.84. The molecule has 1 heterocycles. The zero-order chi connectivity index (χ0) is 17.3. The van der Waals surface area contributed by atoms with Crippen LogP contribution < -0.4 is 0 Å². The van der Waals surface area contributed by atoms with E-state index in [-0.39, 0.29) is 6.10 Å². The molecule has 0 N–H and O–H groups in total. The van der Waals surface area contributed by atoms with E-state index < -0.39 is 10.0 Å². The van der Waals surface area contributed by atoms with Crippen LogP contribution in [0.1, 0.15) is 22.8 Å². The highest BCUT2D eigenvalue weighted by Crippen LogP contribution is 2.28. The number of halogens is 1. The minimum absolute atomic E-state index is 0.281. The topological polar surface area (TPSA) is 46.6 Å². The fourth-order valence-electron chi connectivity index (χ4n) is 2.95. The first-order valence-electron chi connectivity index (χ1n) is 7.82. The zero-order valence-electron chi connectivity index (χ0n) is 13.7. The molecule has 1 aliphatic rings. The lowest BCUT2D eigenvalue weighted by Crippen LogP contribution is -2.42. The summed E-state index contributed by atoms with van der Waals surface area (Å²) in [6, 6.07) is 12.7. The van der Waals surface area contributed by atoms with Gasteiger partial charge in [0.2, 0.25) is 10.0 Å². The van der Waals surface area contributed by atoms with Gasteiger partial charge in [-0.2, -0.15) is 4.31 Å². The van der Waals surface area contributed by atoms with Crippen LogP contribution in [-0.2, 0) is 14.8 Å². The van der Waals surface area contributed by atoms with Crippen LogP contribution in [0, 0.1) is 13.8 Å². The molecule has 0 aliphatic carbocycles. The van der Waals surface area contributed by atoms with Gasteiger partial charge in [0.05, 0.1) is 17.6 Å². The van der Waals surface area contributed by atoms with E-state index in [4.69, 9.17) is 16.3 Å². The van der Waals surface area contributed by atoms with E-state index in [0.29, 0.717) is 29.6 Å². The fourth-order valence-corrected chi connectivity index (χ4v) is 4.71. The highest BCUT2D eigenvalue weighted by Gasteiger charge is 2.32. The van der Waals surface area contributed by atoms with Gasteiger partial charge in [0.1, 0.15) is 0 Å². The number of morpholine rings is 1. The molecule has 6 heteroatoms. The third-order valence-corrected chi connectivity index (χ3v) is 6.50. The average molecular weight is 366 g/mol. The molecule has 0 radical (unpaired) electrons. The summed E-state index contributed by atoms with van der Waals surface area (Å²) in [5.41, 5.74) is 2.75. The molecule has 0 amide bonds. The lowest BCUT2D eigenvalue weighted by atomic mass is 10.1. The number of hydrogen-bond donors (Lipinski definition) is 0. The van der Waals surface area contributed by atoms with Crippen molar-refractivity contribution in [3.8, 4) is 0 Å². The summed E-state index contributed by atoms with van der Waals surface area (Å²) < 4.78 is 33.3. The molecule has 3 rings (SSSR count). The number of nitrogens with zero attached hydrogens (tertiary/aromatic N) is 1. The van der Waals surface area contributed by atoms with Gasteiger partial charge < -0.3 is 4.74 Å². The van der Waals surface area contributed by atoms with Crippen molar-refractivity contribution in [1.29, 1.82) is 0 Å². The molecule has 1 aliphatic heterocycles. The zero-order valence-corrected chi connectivity index (χ0v) is 15.3. The Morgan fingerprint density at radius 3 is 2.50 bits per heavy atom. The number of hydrogen-bond acceptors (Lipinski definition) is 3. The van der Waals surface area contributed by atoms with Gasteiger partial charge in [0.15, 0.2) is 0 Å². The van der Waals surface area contributed by atoms with E-state index >= 15 is 0 Å². The first-order valence-corrected chi connectivity index (χ1v) is 9.64. The Morgan fingerprint density at radius 2 is 1.83 bits per heavy atom. The Labute approximate surface area is 148 Å². The molecule has 1 fully saturated rings. The molecule has 24 heavy (non-hydrogen) atoms. The Kier molecular flexibility index (Phi) is 4.97. The molecule has 1 atom stereocenters. The lowest BCUT2D eigenvalue weighted by Gasteiger charge is -2.32. The predicted octanol–water partition coefficient (Wildman–Crippen LogP) is 3.72. The molecular weight excluding hydrogens is 346 g/mol. The van der Waals surface area contributed by atoms with E-state index in [1.165, 1.54) is 4.31 Å². The number of sulfonamides is 1. The summed E-state index contributed by atoms with van der Waals surface area (Å²) >= 11 is 5.91. The van der Waals surface area contributed by atoms with Crippen molar-refractivity contribution >= 4 is 21.6 Å². The summed E-state index contributed by atoms with van der Waals surface area (Å²) in [5, 5.41) is 0.648. The van der Waals surface area contributed by atoms with Crippen LogP contribution in [0.5, 0.6) is 0 Å². The third-order valence-electron chi connectivity index (χ3n) is 4.22. The van der Waals surface area contributed by atoms with Crippen molar-refractivity contribution in [2.45, 2.75) is 24.8 Å². The van der Waals surface area contributed by atoms with Crippen LogP contribution in [0.2, 0.25) is 5.02 Å². The summed E-state index contributed by atoms with van der Waals surface area (Å²) in [4.78, 5) is 0.366. The van der Waals surface area contributed by atoms with E-state index in [0.717, 1.165) is 16.7 Å². The monoisotopic (exact) mass is 365 g/mol. The van der Waals surface area contributed by atoms with Crippen LogP contribution in [0.4, 0.5) is 0 Å². The maximum absolute atomic E-state index is 13.0. The van der Waals surface area contributed by atoms with Crippen molar-refractivity contribution in [3.63, 3.8) is 0 Å². The number of aryl methyl sites for hydroxylation is 2. The standard InChI is InChI=1S/C18H20ClNO3S/c1-13-3-8-18(14(2)11-13)24(21,22)20-9-10-23-17(12-20)15-4-6-16(19)7-5-15/h3-8,11,17H,9-10,12H2,1-2H3. The molecule has 1 saturated heterocycles. The predicted molar refractivity (Wildman–Crippen MR) is 94.8 cm³/mol. The van der Waals surface area contributed by atoms with Gasteiger partial charge in [-0.05, 0) is 43.2 Å². The largest absolute Gasteiger partial charge is 0.371 e. The van der Waals surface area contributed by atoms with Crippen molar-refractivity contribution in [2.24, 2.45) is 0 Å². The smallest absolute Gasteiger partial charge is 0.243 e. The SMILES string of the molecule is Cc1ccc(S(=O)(=O)N2CCOC(c3ccc(Cl)cc3)C2)c(C)c1. The summed E-state index contributed by atoms with van der Waals surface area (Å²) in [6.45, 7) is 4.82. The Balaban J connectivity index is 1.87. The molecule has 128 valence electrons.